The van der Waals surface area contributed by atoms with E-state index in [1.165, 1.54) is 13.8 Å². The topological polar surface area (TPSA) is 136 Å². The molecule has 0 rings (SSSR count). The maximum absolute atomic E-state index is 11.8. The minimum absolute atomic E-state index is 0.145. The third kappa shape index (κ3) is 4.10. The number of aliphatic imine (C=N–C) groups is 1. The maximum Gasteiger partial charge on any atom is 0.282 e. The van der Waals surface area contributed by atoms with Crippen molar-refractivity contribution in [1.82, 2.24) is 16.1 Å². The predicted molar refractivity (Wildman–Crippen MR) is 65.4 cm³/mol. The minimum Gasteiger partial charge on any atom is -0.357 e. The number of carbonyl (C=O) groups is 1. The van der Waals surface area contributed by atoms with Crippen molar-refractivity contribution in [2.24, 2.45) is 10.8 Å². The second kappa shape index (κ2) is 6.28. The number of carbonyl (C=O) groups excluding carboxylic acids is 1. The van der Waals surface area contributed by atoms with Crippen molar-refractivity contribution in [2.75, 3.05) is 7.05 Å². The summed E-state index contributed by atoms with van der Waals surface area (Å²) in [5.41, 5.74) is -0.351. The Kier molecular flexibility index (Phi) is 5.72. The second-order valence-corrected chi connectivity index (χ2v) is 3.62. The van der Waals surface area contributed by atoms with Gasteiger partial charge in [-0.05, 0) is 27.8 Å². The molecule has 0 spiro atoms. The lowest BCUT2D eigenvalue weighted by Crippen LogP contribution is -2.55. The van der Waals surface area contributed by atoms with Crippen molar-refractivity contribution < 1.29 is 9.90 Å². The molecule has 8 heteroatoms. The number of nitrogens with one attached hydrogen (secondary N) is 4. The minimum atomic E-state index is -2.25. The van der Waals surface area contributed by atoms with Crippen LogP contribution >= 0.6 is 0 Å². The average molecular weight is 244 g/mol. The second-order valence-electron chi connectivity index (χ2n) is 3.62. The number of aliphatic hydroxyl groups is 1. The predicted octanol–water partition coefficient (Wildman–Crippen LogP) is -1.72. The Morgan fingerprint density at radius 1 is 1.53 bits per heavy atom. The molecule has 1 amide bonds. The van der Waals surface area contributed by atoms with Crippen LogP contribution in [-0.4, -0.2) is 41.5 Å². The molecule has 8 nitrogen and oxygen atoms in total. The summed E-state index contributed by atoms with van der Waals surface area (Å²) < 4.78 is 0. The lowest BCUT2D eigenvalue weighted by atomic mass is 10.1. The fourth-order valence-electron chi connectivity index (χ4n) is 0.949. The van der Waals surface area contributed by atoms with Gasteiger partial charge in [0.05, 0.1) is 11.9 Å². The molecule has 0 aromatic carbocycles. The van der Waals surface area contributed by atoms with Gasteiger partial charge in [-0.15, -0.1) is 0 Å². The molecule has 0 aromatic heterocycles. The highest BCUT2D eigenvalue weighted by atomic mass is 16.3. The lowest BCUT2D eigenvalue weighted by Gasteiger charge is -2.24. The van der Waals surface area contributed by atoms with Gasteiger partial charge in [0, 0.05) is 0 Å². The van der Waals surface area contributed by atoms with Gasteiger partial charge in [-0.3, -0.25) is 4.79 Å². The third-order valence-electron chi connectivity index (χ3n) is 2.16. The van der Waals surface area contributed by atoms with Crippen molar-refractivity contribution in [2.45, 2.75) is 32.7 Å². The summed E-state index contributed by atoms with van der Waals surface area (Å²) in [7, 11) is 1.65. The molecule has 0 aromatic rings. The van der Waals surface area contributed by atoms with Crippen LogP contribution in [0.5, 0.6) is 0 Å². The van der Waals surface area contributed by atoms with Crippen molar-refractivity contribution in [3.63, 3.8) is 0 Å². The highest BCUT2D eigenvalue weighted by molar-refractivity contribution is 6.10. The number of amidine groups is 1. The summed E-state index contributed by atoms with van der Waals surface area (Å²) >= 11 is 0. The van der Waals surface area contributed by atoms with Crippen LogP contribution in [0, 0.1) is 5.41 Å². The molecule has 17 heavy (non-hydrogen) atoms. The van der Waals surface area contributed by atoms with Gasteiger partial charge in [-0.25, -0.2) is 10.8 Å². The van der Waals surface area contributed by atoms with Gasteiger partial charge in [0.25, 0.3) is 11.6 Å². The number of hydrogen-bond acceptors (Lipinski definition) is 6. The Morgan fingerprint density at radius 2 is 2.06 bits per heavy atom. The van der Waals surface area contributed by atoms with E-state index in [9.17, 15) is 9.90 Å². The van der Waals surface area contributed by atoms with Crippen molar-refractivity contribution in [3.8, 4) is 0 Å². The Balaban J connectivity index is 5.09. The van der Waals surface area contributed by atoms with Gasteiger partial charge < -0.3 is 26.6 Å². The molecule has 0 heterocycles. The van der Waals surface area contributed by atoms with E-state index in [4.69, 9.17) is 11.3 Å². The molecule has 0 saturated heterocycles. The molecule has 0 bridgehead atoms. The van der Waals surface area contributed by atoms with Crippen LogP contribution in [-0.2, 0) is 4.79 Å². The fraction of sp³-hybridized carbons (Fsp3) is 0.667. The number of rotatable bonds is 5. The van der Waals surface area contributed by atoms with Crippen LogP contribution in [0.15, 0.2) is 4.99 Å². The van der Waals surface area contributed by atoms with E-state index in [-0.39, 0.29) is 17.7 Å². The van der Waals surface area contributed by atoms with E-state index in [1.54, 1.807) is 14.0 Å². The maximum atomic E-state index is 11.8. The highest BCUT2D eigenvalue weighted by Crippen LogP contribution is 2.09. The Hall–Kier alpha value is -1.51. The third-order valence-corrected chi connectivity index (χ3v) is 2.16. The molecular formula is C9H20N6O2. The first-order chi connectivity index (χ1) is 7.77. The first-order valence-corrected chi connectivity index (χ1v) is 5.07. The van der Waals surface area contributed by atoms with Gasteiger partial charge >= 0.3 is 0 Å². The van der Waals surface area contributed by atoms with Crippen molar-refractivity contribution in [3.05, 3.63) is 0 Å². The smallest absolute Gasteiger partial charge is 0.282 e. The molecule has 98 valence electrons. The van der Waals surface area contributed by atoms with E-state index >= 15 is 0 Å². The van der Waals surface area contributed by atoms with Gasteiger partial charge in [-0.1, -0.05) is 0 Å². The molecule has 0 aliphatic rings. The molecule has 2 atom stereocenters. The van der Waals surface area contributed by atoms with Crippen molar-refractivity contribution >= 4 is 17.5 Å². The standard InChI is InChI=1S/C9H20N6O2/c1-5(10)9(17,14-7(3)15-11)8(16)13-6(2)12-4/h6,10,12,17H,11H2,1-4H3,(H,13,16)(H,14,15). The summed E-state index contributed by atoms with van der Waals surface area (Å²) in [6.45, 7) is 4.45. The molecule has 0 aliphatic heterocycles. The van der Waals surface area contributed by atoms with Crippen LogP contribution < -0.4 is 21.9 Å². The first-order valence-electron chi connectivity index (χ1n) is 5.07. The van der Waals surface area contributed by atoms with Crippen LogP contribution in [0.4, 0.5) is 0 Å². The molecule has 7 N–H and O–H groups in total. The fourth-order valence-corrected chi connectivity index (χ4v) is 0.949. The van der Waals surface area contributed by atoms with E-state index in [0.29, 0.717) is 0 Å². The van der Waals surface area contributed by atoms with Crippen molar-refractivity contribution in [1.29, 1.82) is 5.41 Å². The van der Waals surface area contributed by atoms with E-state index < -0.39 is 11.6 Å². The van der Waals surface area contributed by atoms with Gasteiger partial charge in [0.2, 0.25) is 0 Å². The number of amides is 1. The molecule has 0 fully saturated rings. The normalized spacial score (nSPS) is 16.9. The summed E-state index contributed by atoms with van der Waals surface area (Å²) in [6, 6.07) is 0. The summed E-state index contributed by atoms with van der Waals surface area (Å²) in [6.07, 6.45) is -0.352. The zero-order valence-electron chi connectivity index (χ0n) is 10.5. The summed E-state index contributed by atoms with van der Waals surface area (Å²) in [5.74, 6) is 4.45. The lowest BCUT2D eigenvalue weighted by molar-refractivity contribution is -0.133. The quantitative estimate of drug-likeness (QED) is 0.112. The molecule has 2 unspecified atom stereocenters. The zero-order chi connectivity index (χ0) is 13.6. The summed E-state index contributed by atoms with van der Waals surface area (Å²) in [5, 5.41) is 22.7. The molecular weight excluding hydrogens is 224 g/mol. The van der Waals surface area contributed by atoms with Crippen LogP contribution in [0.25, 0.3) is 0 Å². The SMILES string of the molecule is CNC(C)NC(=O)C(O)(N=C(C)NN)C(C)=N. The van der Waals surface area contributed by atoms with Gasteiger partial charge in [0.15, 0.2) is 0 Å². The van der Waals surface area contributed by atoms with Gasteiger partial charge in [-0.2, -0.15) is 0 Å². The zero-order valence-corrected chi connectivity index (χ0v) is 10.5. The number of hydrazine groups is 1. The Labute approximate surface area is 100 Å². The number of hydrogen-bond donors (Lipinski definition) is 6. The van der Waals surface area contributed by atoms with E-state index in [2.05, 4.69) is 21.1 Å². The first kappa shape index (κ1) is 15.5. The Bertz CT molecular complexity index is 329. The highest BCUT2D eigenvalue weighted by Gasteiger charge is 2.39. The average Bonchev–Trinajstić information content (AvgIpc) is 2.27. The van der Waals surface area contributed by atoms with E-state index in [0.717, 1.165) is 0 Å². The Morgan fingerprint density at radius 3 is 2.41 bits per heavy atom. The molecule has 0 radical (unpaired) electrons. The van der Waals surface area contributed by atoms with Crippen LogP contribution in [0.2, 0.25) is 0 Å². The van der Waals surface area contributed by atoms with E-state index in [1.807, 2.05) is 0 Å². The van der Waals surface area contributed by atoms with Gasteiger partial charge in [0.1, 0.15) is 5.84 Å². The number of nitrogens with zero attached hydrogens (tertiary/aromatic N) is 1. The monoisotopic (exact) mass is 244 g/mol. The number of nitrogens with two attached hydrogens (primary N) is 1. The molecule has 0 aliphatic carbocycles. The largest absolute Gasteiger partial charge is 0.357 e. The summed E-state index contributed by atoms with van der Waals surface area (Å²) in [4.78, 5) is 15.5. The molecule has 0 saturated carbocycles. The van der Waals surface area contributed by atoms with Crippen LogP contribution in [0.3, 0.4) is 0 Å². The van der Waals surface area contributed by atoms with Crippen LogP contribution in [0.1, 0.15) is 20.8 Å².